The normalized spacial score (nSPS) is 27.7. The van der Waals surface area contributed by atoms with E-state index in [1.54, 1.807) is 6.33 Å². The van der Waals surface area contributed by atoms with Crippen molar-refractivity contribution in [3.8, 4) is 0 Å². The Morgan fingerprint density at radius 3 is 2.42 bits per heavy atom. The van der Waals surface area contributed by atoms with Crippen molar-refractivity contribution >= 4 is 23.3 Å². The number of amides is 1. The lowest BCUT2D eigenvalue weighted by Crippen LogP contribution is -2.56. The summed E-state index contributed by atoms with van der Waals surface area (Å²) in [7, 11) is 0. The average molecular weight is 513 g/mol. The molecule has 36 heavy (non-hydrogen) atoms. The molecule has 5 rings (SSSR count). The van der Waals surface area contributed by atoms with E-state index in [2.05, 4.69) is 45.9 Å². The molecule has 1 amide bonds. The lowest BCUT2D eigenvalue weighted by Gasteiger charge is -2.40. The average Bonchev–Trinajstić information content (AvgIpc) is 3.16. The third kappa shape index (κ3) is 5.23. The summed E-state index contributed by atoms with van der Waals surface area (Å²) in [5, 5.41) is 14.6. The second-order valence-electron chi connectivity index (χ2n) is 10.8. The zero-order valence-electron chi connectivity index (χ0n) is 21.4. The molecule has 1 aromatic heterocycles. The zero-order chi connectivity index (χ0) is 25.4. The first-order valence-corrected chi connectivity index (χ1v) is 13.5. The van der Waals surface area contributed by atoms with Crippen LogP contribution in [0.25, 0.3) is 0 Å². The number of aliphatic hydroxyl groups is 1. The van der Waals surface area contributed by atoms with E-state index in [1.165, 1.54) is 0 Å². The minimum Gasteiger partial charge on any atom is -0.387 e. The van der Waals surface area contributed by atoms with Gasteiger partial charge in [-0.1, -0.05) is 30.7 Å². The number of hydrogen-bond acceptors (Lipinski definition) is 7. The highest BCUT2D eigenvalue weighted by molar-refractivity contribution is 6.30. The van der Waals surface area contributed by atoms with Crippen LogP contribution in [0, 0.1) is 0 Å². The minimum absolute atomic E-state index is 0.174. The lowest BCUT2D eigenvalue weighted by molar-refractivity contribution is -0.133. The summed E-state index contributed by atoms with van der Waals surface area (Å²) >= 11 is 6.16. The summed E-state index contributed by atoms with van der Waals surface area (Å²) in [5.74, 6) is 1.08. The summed E-state index contributed by atoms with van der Waals surface area (Å²) < 4.78 is 0. The van der Waals surface area contributed by atoms with E-state index in [0.29, 0.717) is 56.3 Å². The van der Waals surface area contributed by atoms with E-state index in [1.807, 2.05) is 29.2 Å². The maximum atomic E-state index is 13.9. The highest BCUT2D eigenvalue weighted by atomic mass is 35.5. The Bertz CT molecular complexity index is 1060. The molecule has 2 aromatic rings. The van der Waals surface area contributed by atoms with Crippen molar-refractivity contribution in [2.45, 2.75) is 57.2 Å². The van der Waals surface area contributed by atoms with Gasteiger partial charge in [-0.05, 0) is 43.9 Å². The van der Waals surface area contributed by atoms with Crippen molar-refractivity contribution in [1.82, 2.24) is 25.1 Å². The second-order valence-corrected chi connectivity index (χ2v) is 11.2. The Labute approximate surface area is 218 Å². The Balaban J connectivity index is 1.31. The molecular formula is C27H37ClN6O2. The molecule has 2 saturated heterocycles. The lowest BCUT2D eigenvalue weighted by atomic mass is 9.95. The molecule has 0 spiro atoms. The maximum Gasteiger partial charge on any atom is 0.231 e. The number of rotatable bonds is 5. The van der Waals surface area contributed by atoms with E-state index in [0.717, 1.165) is 35.7 Å². The molecule has 2 aliphatic heterocycles. The molecule has 1 unspecified atom stereocenters. The highest BCUT2D eigenvalue weighted by Crippen LogP contribution is 2.42. The maximum absolute atomic E-state index is 13.9. The number of nitrogens with zero attached hydrogens (tertiary/aromatic N) is 5. The third-order valence-electron chi connectivity index (χ3n) is 7.81. The molecule has 5 atom stereocenters. The number of hydrogen-bond donors (Lipinski definition) is 2. The van der Waals surface area contributed by atoms with Gasteiger partial charge in [0.05, 0.1) is 17.7 Å². The number of piperazine rings is 2. The van der Waals surface area contributed by atoms with Crippen LogP contribution in [0.3, 0.4) is 0 Å². The summed E-state index contributed by atoms with van der Waals surface area (Å²) in [6.07, 6.45) is 1.72. The van der Waals surface area contributed by atoms with Gasteiger partial charge in [-0.3, -0.25) is 9.69 Å². The van der Waals surface area contributed by atoms with Crippen LogP contribution in [-0.4, -0.2) is 88.7 Å². The molecule has 1 aromatic carbocycles. The molecule has 0 bridgehead atoms. The standard InChI is InChI=1S/C27H37ClN6O2/c1-17-12-23(35)25-24(17)26(30-16-29-25)33-8-10-34(11-9-33)27(36)22(20-4-6-21(28)7-5-20)15-32-13-18(2)31-19(3)14-32/h4-7,16-19,22-23,31,35H,8-15H2,1-3H3/t17-,18+,19?,22-,23-/m1/s1. The SMILES string of the molecule is CC1CN(C[C@@H](C(=O)N2CCN(c3ncnc4c3[C@H](C)C[C@H]4O)CC2)c2ccc(Cl)cc2)C[C@H](C)N1. The van der Waals surface area contributed by atoms with Crippen molar-refractivity contribution in [1.29, 1.82) is 0 Å². The van der Waals surface area contributed by atoms with E-state index in [9.17, 15) is 9.90 Å². The van der Waals surface area contributed by atoms with Crippen LogP contribution in [0.15, 0.2) is 30.6 Å². The van der Waals surface area contributed by atoms with Crippen molar-refractivity contribution < 1.29 is 9.90 Å². The molecule has 3 heterocycles. The first-order valence-electron chi connectivity index (χ1n) is 13.1. The zero-order valence-corrected chi connectivity index (χ0v) is 22.2. The van der Waals surface area contributed by atoms with Gasteiger partial charge in [-0.15, -0.1) is 0 Å². The summed E-state index contributed by atoms with van der Waals surface area (Å²) in [6, 6.07) is 8.54. The topological polar surface area (TPSA) is 84.8 Å². The van der Waals surface area contributed by atoms with Gasteiger partial charge < -0.3 is 20.2 Å². The van der Waals surface area contributed by atoms with Gasteiger partial charge in [0.15, 0.2) is 0 Å². The van der Waals surface area contributed by atoms with Crippen molar-refractivity contribution in [2.24, 2.45) is 0 Å². The second kappa shape index (κ2) is 10.6. The molecular weight excluding hydrogens is 476 g/mol. The molecule has 9 heteroatoms. The first-order chi connectivity index (χ1) is 17.3. The number of anilines is 1. The molecule has 0 radical (unpaired) electrons. The van der Waals surface area contributed by atoms with E-state index < -0.39 is 6.10 Å². The summed E-state index contributed by atoms with van der Waals surface area (Å²) in [6.45, 7) is 11.8. The van der Waals surface area contributed by atoms with Gasteiger partial charge in [0, 0.05) is 68.5 Å². The third-order valence-corrected chi connectivity index (χ3v) is 8.07. The largest absolute Gasteiger partial charge is 0.387 e. The molecule has 8 nitrogen and oxygen atoms in total. The number of halogens is 1. The Morgan fingerprint density at radius 1 is 1.08 bits per heavy atom. The predicted octanol–water partition coefficient (Wildman–Crippen LogP) is 2.79. The van der Waals surface area contributed by atoms with Gasteiger partial charge in [0.2, 0.25) is 5.91 Å². The van der Waals surface area contributed by atoms with Crippen LogP contribution >= 0.6 is 11.6 Å². The fourth-order valence-electron chi connectivity index (χ4n) is 6.18. The van der Waals surface area contributed by atoms with Crippen molar-refractivity contribution in [3.05, 3.63) is 52.4 Å². The Kier molecular flexibility index (Phi) is 7.49. The van der Waals surface area contributed by atoms with Gasteiger partial charge in [0.1, 0.15) is 12.1 Å². The van der Waals surface area contributed by atoms with Crippen LogP contribution in [-0.2, 0) is 4.79 Å². The predicted molar refractivity (Wildman–Crippen MR) is 142 cm³/mol. The number of benzene rings is 1. The van der Waals surface area contributed by atoms with Crippen LogP contribution in [0.2, 0.25) is 5.02 Å². The molecule has 0 saturated carbocycles. The number of carbonyl (C=O) groups is 1. The van der Waals surface area contributed by atoms with Gasteiger partial charge >= 0.3 is 0 Å². The molecule has 194 valence electrons. The van der Waals surface area contributed by atoms with Gasteiger partial charge in [-0.25, -0.2) is 9.97 Å². The molecule has 2 N–H and O–H groups in total. The number of nitrogens with one attached hydrogen (secondary N) is 1. The quantitative estimate of drug-likeness (QED) is 0.637. The number of fused-ring (bicyclic) bond motifs is 1. The summed E-state index contributed by atoms with van der Waals surface area (Å²) in [5.41, 5.74) is 2.83. The monoisotopic (exact) mass is 512 g/mol. The van der Waals surface area contributed by atoms with E-state index in [-0.39, 0.29) is 17.7 Å². The van der Waals surface area contributed by atoms with Crippen molar-refractivity contribution in [3.63, 3.8) is 0 Å². The van der Waals surface area contributed by atoms with Crippen LogP contribution in [0.5, 0.6) is 0 Å². The molecule has 1 aliphatic carbocycles. The molecule has 3 aliphatic rings. The van der Waals surface area contributed by atoms with Gasteiger partial charge in [-0.2, -0.15) is 0 Å². The number of aromatic nitrogens is 2. The smallest absolute Gasteiger partial charge is 0.231 e. The van der Waals surface area contributed by atoms with Gasteiger partial charge in [0.25, 0.3) is 0 Å². The van der Waals surface area contributed by atoms with Crippen LogP contribution < -0.4 is 10.2 Å². The van der Waals surface area contributed by atoms with Crippen LogP contribution in [0.4, 0.5) is 5.82 Å². The minimum atomic E-state index is -0.518. The Hall–Kier alpha value is -2.26. The summed E-state index contributed by atoms with van der Waals surface area (Å²) in [4.78, 5) is 29.5. The fraction of sp³-hybridized carbons (Fsp3) is 0.593. The molecule has 2 fully saturated rings. The highest BCUT2D eigenvalue weighted by Gasteiger charge is 2.36. The van der Waals surface area contributed by atoms with E-state index in [4.69, 9.17) is 11.6 Å². The first kappa shape index (κ1) is 25.4. The Morgan fingerprint density at radius 2 is 1.75 bits per heavy atom. The fourth-order valence-corrected chi connectivity index (χ4v) is 6.31. The van der Waals surface area contributed by atoms with E-state index >= 15 is 0 Å². The number of aliphatic hydroxyl groups excluding tert-OH is 1. The van der Waals surface area contributed by atoms with Crippen molar-refractivity contribution in [2.75, 3.05) is 50.7 Å². The van der Waals surface area contributed by atoms with Crippen LogP contribution in [0.1, 0.15) is 62.0 Å². The number of carbonyl (C=O) groups excluding carboxylic acids is 1.